The average Bonchev–Trinajstić information content (AvgIpc) is 3.46. The van der Waals surface area contributed by atoms with Gasteiger partial charge < -0.3 is 9.84 Å². The number of aliphatic hydroxyl groups is 1. The minimum Gasteiger partial charge on any atom is -0.507 e. The van der Waals surface area contributed by atoms with Gasteiger partial charge in [-0.3, -0.25) is 24.6 Å². The molecule has 1 amide bonds. The molecular weight excluding hydrogens is 542 g/mol. The van der Waals surface area contributed by atoms with Gasteiger partial charge in [-0.05, 0) is 42.3 Å². The number of benzene rings is 3. The first kappa shape index (κ1) is 26.3. The van der Waals surface area contributed by atoms with E-state index in [0.717, 1.165) is 24.2 Å². The summed E-state index contributed by atoms with van der Waals surface area (Å²) in [5.41, 5.74) is 0.686. The Kier molecular flexibility index (Phi) is 7.32. The van der Waals surface area contributed by atoms with Crippen molar-refractivity contribution < 1.29 is 24.4 Å². The molecule has 0 spiro atoms. The smallest absolute Gasteiger partial charge is 0.301 e. The van der Waals surface area contributed by atoms with E-state index in [4.69, 9.17) is 16.3 Å². The number of hydrogen-bond donors (Lipinski definition) is 1. The number of hydrogen-bond acceptors (Lipinski definition) is 8. The lowest BCUT2D eigenvalue weighted by molar-refractivity contribution is -0.384. The summed E-state index contributed by atoms with van der Waals surface area (Å²) < 4.78 is 6.43. The Labute approximate surface area is 232 Å². The number of ketones is 1. The van der Waals surface area contributed by atoms with E-state index in [-0.39, 0.29) is 27.5 Å². The van der Waals surface area contributed by atoms with Crippen molar-refractivity contribution in [3.8, 4) is 5.75 Å². The zero-order chi connectivity index (χ0) is 27.7. The van der Waals surface area contributed by atoms with Gasteiger partial charge in [0.1, 0.15) is 11.5 Å². The zero-order valence-electron chi connectivity index (χ0n) is 20.7. The molecule has 0 bridgehead atoms. The Morgan fingerprint density at radius 1 is 1.15 bits per heavy atom. The first-order chi connectivity index (χ1) is 18.8. The number of aromatic nitrogens is 1. The minimum atomic E-state index is -1.16. The summed E-state index contributed by atoms with van der Waals surface area (Å²) in [7, 11) is 0. The van der Waals surface area contributed by atoms with E-state index >= 15 is 0 Å². The number of nitro benzene ring substituents is 1. The highest BCUT2D eigenvalue weighted by atomic mass is 35.5. The molecule has 39 heavy (non-hydrogen) atoms. The van der Waals surface area contributed by atoms with Crippen molar-refractivity contribution in [3.63, 3.8) is 0 Å². The number of ether oxygens (including phenoxy) is 1. The molecule has 3 aromatic carbocycles. The second-order valence-corrected chi connectivity index (χ2v) is 10.3. The largest absolute Gasteiger partial charge is 0.507 e. The molecule has 1 aliphatic rings. The number of non-ortho nitro benzene ring substituents is 1. The van der Waals surface area contributed by atoms with Crippen molar-refractivity contribution in [3.05, 3.63) is 98.6 Å². The van der Waals surface area contributed by atoms with Crippen LogP contribution in [0.15, 0.2) is 72.3 Å². The van der Waals surface area contributed by atoms with Crippen LogP contribution in [0.5, 0.6) is 5.75 Å². The number of carbonyl (C=O) groups excluding carboxylic acids is 2. The summed E-state index contributed by atoms with van der Waals surface area (Å²) in [6.07, 6.45) is 1.80. The van der Waals surface area contributed by atoms with Crippen LogP contribution in [0.1, 0.15) is 36.9 Å². The number of aliphatic hydroxyl groups excluding tert-OH is 1. The lowest BCUT2D eigenvalue weighted by atomic mass is 9.95. The van der Waals surface area contributed by atoms with Crippen LogP contribution in [0.3, 0.4) is 0 Å². The lowest BCUT2D eigenvalue weighted by Crippen LogP contribution is -2.29. The van der Waals surface area contributed by atoms with Gasteiger partial charge in [0.15, 0.2) is 5.13 Å². The second-order valence-electron chi connectivity index (χ2n) is 8.86. The van der Waals surface area contributed by atoms with E-state index in [1.54, 1.807) is 48.5 Å². The van der Waals surface area contributed by atoms with Gasteiger partial charge in [-0.1, -0.05) is 60.5 Å². The Balaban J connectivity index is 1.68. The maximum absolute atomic E-state index is 13.5. The molecule has 0 radical (unpaired) electrons. The number of halogens is 1. The van der Waals surface area contributed by atoms with Gasteiger partial charge >= 0.3 is 5.91 Å². The Morgan fingerprint density at radius 2 is 1.95 bits per heavy atom. The third-order valence-electron chi connectivity index (χ3n) is 6.26. The van der Waals surface area contributed by atoms with Crippen molar-refractivity contribution in [1.82, 2.24) is 4.98 Å². The fourth-order valence-electron chi connectivity index (χ4n) is 4.37. The molecule has 1 fully saturated rings. The predicted octanol–water partition coefficient (Wildman–Crippen LogP) is 6.66. The number of amides is 1. The van der Waals surface area contributed by atoms with Crippen molar-refractivity contribution in [2.75, 3.05) is 11.5 Å². The minimum absolute atomic E-state index is 0.196. The quantitative estimate of drug-likeness (QED) is 0.0634. The SMILES string of the molecule is CCCCOc1cccc(C(O)=C2C(=O)C(=O)N(c3nc4ccc(Cl)cc4s3)C2c2cccc([N+](=O)[O-])c2)c1. The predicted molar refractivity (Wildman–Crippen MR) is 149 cm³/mol. The van der Waals surface area contributed by atoms with Crippen molar-refractivity contribution in [2.45, 2.75) is 25.8 Å². The number of rotatable bonds is 8. The Morgan fingerprint density at radius 3 is 2.72 bits per heavy atom. The number of thiazole rings is 1. The number of carbonyl (C=O) groups is 2. The van der Waals surface area contributed by atoms with Crippen LogP contribution >= 0.6 is 22.9 Å². The number of anilines is 1. The van der Waals surface area contributed by atoms with Crippen LogP contribution in [0, 0.1) is 10.1 Å². The van der Waals surface area contributed by atoms with E-state index in [1.807, 2.05) is 6.92 Å². The molecule has 0 aliphatic carbocycles. The molecule has 9 nitrogen and oxygen atoms in total. The molecule has 1 saturated heterocycles. The van der Waals surface area contributed by atoms with Crippen molar-refractivity contribution in [2.24, 2.45) is 0 Å². The lowest BCUT2D eigenvalue weighted by Gasteiger charge is -2.22. The second kappa shape index (κ2) is 10.8. The fourth-order valence-corrected chi connectivity index (χ4v) is 5.63. The van der Waals surface area contributed by atoms with E-state index in [0.29, 0.717) is 27.6 Å². The molecule has 1 aromatic heterocycles. The van der Waals surface area contributed by atoms with E-state index in [1.165, 1.54) is 23.1 Å². The van der Waals surface area contributed by atoms with Crippen LogP contribution in [-0.2, 0) is 9.59 Å². The van der Waals surface area contributed by atoms with Gasteiger partial charge in [-0.2, -0.15) is 0 Å². The fraction of sp³-hybridized carbons (Fsp3) is 0.179. The molecule has 5 rings (SSSR count). The molecule has 4 aromatic rings. The third kappa shape index (κ3) is 5.08. The van der Waals surface area contributed by atoms with Crippen LogP contribution in [-0.4, -0.2) is 33.3 Å². The summed E-state index contributed by atoms with van der Waals surface area (Å²) >= 11 is 7.27. The van der Waals surface area contributed by atoms with Gasteiger partial charge in [0.2, 0.25) is 0 Å². The first-order valence-electron chi connectivity index (χ1n) is 12.1. The maximum atomic E-state index is 13.5. The van der Waals surface area contributed by atoms with Crippen molar-refractivity contribution in [1.29, 1.82) is 0 Å². The molecular formula is C28H22ClN3O6S. The molecule has 1 atom stereocenters. The summed E-state index contributed by atoms with van der Waals surface area (Å²) in [5.74, 6) is -1.76. The van der Waals surface area contributed by atoms with Crippen molar-refractivity contribution >= 4 is 61.4 Å². The maximum Gasteiger partial charge on any atom is 0.301 e. The van der Waals surface area contributed by atoms with Gasteiger partial charge in [0.25, 0.3) is 11.5 Å². The molecule has 1 aliphatic heterocycles. The number of nitrogens with zero attached hydrogens (tertiary/aromatic N) is 3. The van der Waals surface area contributed by atoms with Gasteiger partial charge in [0.05, 0.1) is 33.4 Å². The highest BCUT2D eigenvalue weighted by Crippen LogP contribution is 2.45. The number of fused-ring (bicyclic) bond motifs is 1. The number of Topliss-reactive ketones (excluding diaryl/α,β-unsaturated/α-hetero) is 1. The zero-order valence-corrected chi connectivity index (χ0v) is 22.2. The monoisotopic (exact) mass is 563 g/mol. The van der Waals surface area contributed by atoms with Gasteiger partial charge in [0, 0.05) is 22.7 Å². The molecule has 1 N–H and O–H groups in total. The van der Waals surface area contributed by atoms with Crippen LogP contribution < -0.4 is 9.64 Å². The normalized spacial score (nSPS) is 16.7. The first-order valence-corrected chi connectivity index (χ1v) is 13.3. The summed E-state index contributed by atoms with van der Waals surface area (Å²) in [5, 5.41) is 23.6. The van der Waals surface area contributed by atoms with Gasteiger partial charge in [-0.15, -0.1) is 0 Å². The van der Waals surface area contributed by atoms with E-state index in [9.17, 15) is 24.8 Å². The van der Waals surface area contributed by atoms with E-state index in [2.05, 4.69) is 4.98 Å². The number of nitro groups is 1. The third-order valence-corrected chi connectivity index (χ3v) is 7.51. The molecule has 0 saturated carbocycles. The molecule has 2 heterocycles. The Bertz CT molecular complexity index is 1650. The summed E-state index contributed by atoms with van der Waals surface area (Å²) in [6, 6.07) is 16.1. The van der Waals surface area contributed by atoms with Crippen LogP contribution in [0.2, 0.25) is 5.02 Å². The van der Waals surface area contributed by atoms with Gasteiger partial charge in [-0.25, -0.2) is 4.98 Å². The topological polar surface area (TPSA) is 123 Å². The van der Waals surface area contributed by atoms with Crippen LogP contribution in [0.25, 0.3) is 16.0 Å². The van der Waals surface area contributed by atoms with Crippen LogP contribution in [0.4, 0.5) is 10.8 Å². The Hall–Kier alpha value is -4.28. The highest BCUT2D eigenvalue weighted by Gasteiger charge is 2.48. The summed E-state index contributed by atoms with van der Waals surface area (Å²) in [4.78, 5) is 43.6. The average molecular weight is 564 g/mol. The summed E-state index contributed by atoms with van der Waals surface area (Å²) in [6.45, 7) is 2.53. The number of unbranched alkanes of at least 4 members (excludes halogenated alkanes) is 1. The molecule has 11 heteroatoms. The standard InChI is InChI=1S/C28H22ClN3O6S/c1-2-3-12-38-20-9-5-7-17(14-20)25(33)23-24(16-6-4-8-19(13-16)32(36)37)31(27(35)26(23)34)28-30-21-11-10-18(29)15-22(21)39-28/h4-11,13-15,24,33H,2-3,12H2,1H3. The highest BCUT2D eigenvalue weighted by molar-refractivity contribution is 7.22. The molecule has 1 unspecified atom stereocenters. The molecule has 198 valence electrons. The van der Waals surface area contributed by atoms with E-state index < -0.39 is 28.4 Å².